The van der Waals surface area contributed by atoms with Crippen molar-refractivity contribution in [2.24, 2.45) is 0 Å². The van der Waals surface area contributed by atoms with Crippen molar-refractivity contribution in [3.05, 3.63) is 0 Å². The minimum absolute atomic E-state index is 0.381. The molecule has 0 N–H and O–H groups in total. The van der Waals surface area contributed by atoms with E-state index in [4.69, 9.17) is 0 Å². The fraction of sp³-hybridized carbons (Fsp3) is 0.923. The van der Waals surface area contributed by atoms with Crippen LogP contribution in [0, 0.1) is 0 Å². The quantitative estimate of drug-likeness (QED) is 0.683. The summed E-state index contributed by atoms with van der Waals surface area (Å²) in [5.41, 5.74) is 0. The highest BCUT2D eigenvalue weighted by Gasteiger charge is 2.23. The zero-order chi connectivity index (χ0) is 11.1. The Bertz CT molecular complexity index is 185. The maximum atomic E-state index is 12.0. The van der Waals surface area contributed by atoms with Gasteiger partial charge in [0.05, 0.1) is 0 Å². The number of rotatable bonds is 5. The molecule has 0 aromatic heterocycles. The second-order valence-electron chi connectivity index (χ2n) is 4.58. The molecule has 1 saturated carbocycles. The van der Waals surface area contributed by atoms with Gasteiger partial charge in [0.1, 0.15) is 0 Å². The molecule has 0 aliphatic heterocycles. The van der Waals surface area contributed by atoms with Gasteiger partial charge in [-0.05, 0) is 26.2 Å². The highest BCUT2D eigenvalue weighted by atomic mass is 16.2. The lowest BCUT2D eigenvalue weighted by Gasteiger charge is -2.33. The lowest BCUT2D eigenvalue weighted by Crippen LogP contribution is -2.41. The van der Waals surface area contributed by atoms with E-state index in [0.29, 0.717) is 11.9 Å². The number of carbonyl (C=O) groups excluding carboxylic acids is 1. The molecule has 0 unspecified atom stereocenters. The zero-order valence-electron chi connectivity index (χ0n) is 10.3. The molecule has 0 aromatic carbocycles. The number of carbonyl (C=O) groups is 1. The van der Waals surface area contributed by atoms with Gasteiger partial charge in [0.2, 0.25) is 5.91 Å². The van der Waals surface area contributed by atoms with Crippen molar-refractivity contribution in [3.8, 4) is 0 Å². The highest BCUT2D eigenvalue weighted by molar-refractivity contribution is 5.76. The van der Waals surface area contributed by atoms with Crippen molar-refractivity contribution < 1.29 is 4.79 Å². The molecule has 0 spiro atoms. The number of nitrogens with zero attached hydrogens (tertiary/aromatic N) is 1. The van der Waals surface area contributed by atoms with E-state index in [1.165, 1.54) is 32.1 Å². The molecule has 2 nitrogen and oxygen atoms in total. The molecular weight excluding hydrogens is 186 g/mol. The van der Waals surface area contributed by atoms with Gasteiger partial charge in [0.25, 0.3) is 0 Å². The van der Waals surface area contributed by atoms with E-state index < -0.39 is 0 Å². The fourth-order valence-corrected chi connectivity index (χ4v) is 2.50. The minimum Gasteiger partial charge on any atom is -0.340 e. The monoisotopic (exact) mass is 211 g/mol. The Balaban J connectivity index is 2.41. The van der Waals surface area contributed by atoms with Gasteiger partial charge in [-0.25, -0.2) is 0 Å². The molecule has 0 radical (unpaired) electrons. The summed E-state index contributed by atoms with van der Waals surface area (Å²) in [6.07, 6.45) is 9.34. The number of hydrogen-bond donors (Lipinski definition) is 0. The Morgan fingerprint density at radius 2 is 1.87 bits per heavy atom. The molecule has 88 valence electrons. The molecule has 0 saturated heterocycles. The summed E-state index contributed by atoms with van der Waals surface area (Å²) < 4.78 is 0. The lowest BCUT2D eigenvalue weighted by molar-refractivity contribution is -0.134. The summed E-state index contributed by atoms with van der Waals surface area (Å²) in [5.74, 6) is 0.381. The van der Waals surface area contributed by atoms with Crippen molar-refractivity contribution in [1.29, 1.82) is 0 Å². The number of unbranched alkanes of at least 4 members (excludes halogenated alkanes) is 1. The van der Waals surface area contributed by atoms with E-state index in [1.54, 1.807) is 0 Å². The summed E-state index contributed by atoms with van der Waals surface area (Å²) in [7, 11) is 0. The molecule has 1 aliphatic carbocycles. The summed E-state index contributed by atoms with van der Waals surface area (Å²) in [5, 5.41) is 0. The standard InChI is InChI=1S/C13H25NO/c1-3-5-11-13(15)14(4-2)12-9-7-6-8-10-12/h12H,3-11H2,1-2H3. The van der Waals surface area contributed by atoms with E-state index in [1.807, 2.05) is 0 Å². The van der Waals surface area contributed by atoms with Crippen molar-refractivity contribution in [2.75, 3.05) is 6.54 Å². The summed E-state index contributed by atoms with van der Waals surface area (Å²) >= 11 is 0. The summed E-state index contributed by atoms with van der Waals surface area (Å²) in [4.78, 5) is 14.1. The fourth-order valence-electron chi connectivity index (χ4n) is 2.50. The van der Waals surface area contributed by atoms with Gasteiger partial charge in [-0.15, -0.1) is 0 Å². The number of amides is 1. The van der Waals surface area contributed by atoms with Crippen LogP contribution in [0.2, 0.25) is 0 Å². The van der Waals surface area contributed by atoms with Gasteiger partial charge in [-0.2, -0.15) is 0 Å². The highest BCUT2D eigenvalue weighted by Crippen LogP contribution is 2.23. The topological polar surface area (TPSA) is 20.3 Å². The van der Waals surface area contributed by atoms with Crippen molar-refractivity contribution >= 4 is 5.91 Å². The molecule has 0 atom stereocenters. The Labute approximate surface area is 94.0 Å². The van der Waals surface area contributed by atoms with Crippen molar-refractivity contribution in [3.63, 3.8) is 0 Å². The first-order chi connectivity index (χ1) is 7.29. The Morgan fingerprint density at radius 3 is 2.40 bits per heavy atom. The van der Waals surface area contributed by atoms with E-state index in [0.717, 1.165) is 25.8 Å². The molecule has 1 rings (SSSR count). The molecule has 0 bridgehead atoms. The van der Waals surface area contributed by atoms with Crippen molar-refractivity contribution in [2.45, 2.75) is 71.3 Å². The summed E-state index contributed by atoms with van der Waals surface area (Å²) in [6.45, 7) is 5.15. The normalized spacial score (nSPS) is 17.7. The SMILES string of the molecule is CCCCC(=O)N(CC)C1CCCCC1. The van der Waals surface area contributed by atoms with Gasteiger partial charge in [-0.3, -0.25) is 4.79 Å². The van der Waals surface area contributed by atoms with Crippen LogP contribution in [0.25, 0.3) is 0 Å². The van der Waals surface area contributed by atoms with Gasteiger partial charge in [-0.1, -0.05) is 32.6 Å². The van der Waals surface area contributed by atoms with Crippen LogP contribution in [-0.4, -0.2) is 23.4 Å². The van der Waals surface area contributed by atoms with Crippen LogP contribution in [0.15, 0.2) is 0 Å². The molecule has 1 aliphatic rings. The van der Waals surface area contributed by atoms with Crippen LogP contribution in [0.5, 0.6) is 0 Å². The zero-order valence-corrected chi connectivity index (χ0v) is 10.3. The first-order valence-corrected chi connectivity index (χ1v) is 6.59. The second kappa shape index (κ2) is 6.86. The average molecular weight is 211 g/mol. The molecule has 1 fully saturated rings. The van der Waals surface area contributed by atoms with Crippen LogP contribution < -0.4 is 0 Å². The third-order valence-corrected chi connectivity index (χ3v) is 3.42. The Morgan fingerprint density at radius 1 is 1.20 bits per heavy atom. The van der Waals surface area contributed by atoms with Gasteiger partial charge >= 0.3 is 0 Å². The first kappa shape index (κ1) is 12.5. The third-order valence-electron chi connectivity index (χ3n) is 3.42. The molecule has 1 amide bonds. The number of hydrogen-bond acceptors (Lipinski definition) is 1. The molecule has 15 heavy (non-hydrogen) atoms. The predicted octanol–water partition coefficient (Wildman–Crippen LogP) is 3.36. The first-order valence-electron chi connectivity index (χ1n) is 6.59. The average Bonchev–Trinajstić information content (AvgIpc) is 2.29. The smallest absolute Gasteiger partial charge is 0.222 e. The van der Waals surface area contributed by atoms with Gasteiger partial charge in [0.15, 0.2) is 0 Å². The van der Waals surface area contributed by atoms with Crippen molar-refractivity contribution in [1.82, 2.24) is 4.90 Å². The van der Waals surface area contributed by atoms with Crippen LogP contribution in [0.4, 0.5) is 0 Å². The summed E-state index contributed by atoms with van der Waals surface area (Å²) in [6, 6.07) is 0.549. The van der Waals surface area contributed by atoms with Crippen LogP contribution >= 0.6 is 0 Å². The molecule has 0 aromatic rings. The van der Waals surface area contributed by atoms with Crippen LogP contribution in [0.1, 0.15) is 65.2 Å². The third kappa shape index (κ3) is 3.84. The maximum Gasteiger partial charge on any atom is 0.222 e. The molecule has 0 heterocycles. The predicted molar refractivity (Wildman–Crippen MR) is 63.8 cm³/mol. The Kier molecular flexibility index (Phi) is 5.74. The van der Waals surface area contributed by atoms with E-state index in [2.05, 4.69) is 18.7 Å². The van der Waals surface area contributed by atoms with Crippen LogP contribution in [-0.2, 0) is 4.79 Å². The van der Waals surface area contributed by atoms with E-state index in [-0.39, 0.29) is 0 Å². The lowest BCUT2D eigenvalue weighted by atomic mass is 9.94. The minimum atomic E-state index is 0.381. The molecule has 2 heteroatoms. The van der Waals surface area contributed by atoms with E-state index >= 15 is 0 Å². The molecular formula is C13H25NO. The van der Waals surface area contributed by atoms with Gasteiger partial charge in [0, 0.05) is 19.0 Å². The second-order valence-corrected chi connectivity index (χ2v) is 4.58. The van der Waals surface area contributed by atoms with Crippen LogP contribution in [0.3, 0.4) is 0 Å². The Hall–Kier alpha value is -0.530. The maximum absolute atomic E-state index is 12.0. The van der Waals surface area contributed by atoms with Gasteiger partial charge < -0.3 is 4.90 Å². The largest absolute Gasteiger partial charge is 0.340 e. The van der Waals surface area contributed by atoms with E-state index in [9.17, 15) is 4.79 Å².